The molecule has 0 fully saturated rings. The monoisotopic (exact) mass is 274 g/mol. The first-order chi connectivity index (χ1) is 9.56. The number of carbonyl (C=O) groups is 1. The summed E-state index contributed by atoms with van der Waals surface area (Å²) in [5.74, 6) is -0.257. The third-order valence-corrected chi connectivity index (χ3v) is 3.01. The second kappa shape index (κ2) is 5.77. The zero-order valence-corrected chi connectivity index (χ0v) is 11.9. The summed E-state index contributed by atoms with van der Waals surface area (Å²) < 4.78 is 7.07. The smallest absolute Gasteiger partial charge is 0.354 e. The molecular weight excluding hydrogens is 256 g/mol. The van der Waals surface area contributed by atoms with Crippen molar-refractivity contribution in [3.63, 3.8) is 0 Å². The van der Waals surface area contributed by atoms with E-state index in [0.29, 0.717) is 18.8 Å². The first kappa shape index (κ1) is 14.1. The van der Waals surface area contributed by atoms with E-state index in [2.05, 4.69) is 5.10 Å². The van der Waals surface area contributed by atoms with Crippen molar-refractivity contribution in [2.24, 2.45) is 0 Å². The summed E-state index contributed by atoms with van der Waals surface area (Å²) in [5.41, 5.74) is 2.70. The number of hydrogen-bond acceptors (Lipinski definition) is 3. The SMILES string of the molecule is CCOc1ccc(C)cc1-c1cc(C(=O)O)n(CC)n1. The van der Waals surface area contributed by atoms with Crippen molar-refractivity contribution in [1.29, 1.82) is 0 Å². The van der Waals surface area contributed by atoms with E-state index in [-0.39, 0.29) is 5.69 Å². The van der Waals surface area contributed by atoms with Crippen molar-refractivity contribution >= 4 is 5.97 Å². The van der Waals surface area contributed by atoms with Gasteiger partial charge in [-0.1, -0.05) is 11.6 Å². The Labute approximate surface area is 117 Å². The fraction of sp³-hybridized carbons (Fsp3) is 0.333. The molecule has 1 heterocycles. The highest BCUT2D eigenvalue weighted by molar-refractivity contribution is 5.87. The van der Waals surface area contributed by atoms with Crippen molar-refractivity contribution in [1.82, 2.24) is 9.78 Å². The number of ether oxygens (including phenoxy) is 1. The molecule has 0 aliphatic heterocycles. The third kappa shape index (κ3) is 2.66. The van der Waals surface area contributed by atoms with Crippen LogP contribution < -0.4 is 4.74 Å². The van der Waals surface area contributed by atoms with Gasteiger partial charge in [0.25, 0.3) is 0 Å². The van der Waals surface area contributed by atoms with Gasteiger partial charge in [-0.3, -0.25) is 4.68 Å². The minimum atomic E-state index is -0.976. The molecule has 0 radical (unpaired) electrons. The van der Waals surface area contributed by atoms with Crippen LogP contribution in [0.3, 0.4) is 0 Å². The van der Waals surface area contributed by atoms with Gasteiger partial charge < -0.3 is 9.84 Å². The molecule has 0 spiro atoms. The van der Waals surface area contributed by atoms with Crippen molar-refractivity contribution in [3.05, 3.63) is 35.5 Å². The van der Waals surface area contributed by atoms with Crippen LogP contribution in [0.5, 0.6) is 5.75 Å². The summed E-state index contributed by atoms with van der Waals surface area (Å²) in [4.78, 5) is 11.2. The van der Waals surface area contributed by atoms with E-state index in [0.717, 1.165) is 16.9 Å². The number of aryl methyl sites for hydroxylation is 2. The number of carboxylic acids is 1. The third-order valence-electron chi connectivity index (χ3n) is 3.01. The Morgan fingerprint density at radius 1 is 1.35 bits per heavy atom. The molecule has 0 saturated heterocycles. The lowest BCUT2D eigenvalue weighted by atomic mass is 10.1. The zero-order chi connectivity index (χ0) is 14.7. The van der Waals surface area contributed by atoms with E-state index in [1.807, 2.05) is 39.0 Å². The van der Waals surface area contributed by atoms with Crippen LogP contribution >= 0.6 is 0 Å². The lowest BCUT2D eigenvalue weighted by Crippen LogP contribution is -2.08. The Hall–Kier alpha value is -2.30. The van der Waals surface area contributed by atoms with Gasteiger partial charge in [-0.25, -0.2) is 4.79 Å². The van der Waals surface area contributed by atoms with Gasteiger partial charge in [-0.2, -0.15) is 5.10 Å². The molecule has 0 atom stereocenters. The lowest BCUT2D eigenvalue weighted by Gasteiger charge is -2.09. The number of aromatic carboxylic acids is 1. The minimum Gasteiger partial charge on any atom is -0.493 e. The van der Waals surface area contributed by atoms with Gasteiger partial charge in [0.15, 0.2) is 0 Å². The second-order valence-corrected chi connectivity index (χ2v) is 4.47. The molecule has 0 amide bonds. The quantitative estimate of drug-likeness (QED) is 0.910. The Balaban J connectivity index is 2.55. The summed E-state index contributed by atoms with van der Waals surface area (Å²) in [5, 5.41) is 13.6. The summed E-state index contributed by atoms with van der Waals surface area (Å²) in [6.45, 7) is 6.82. The first-order valence-electron chi connectivity index (χ1n) is 6.61. The van der Waals surface area contributed by atoms with Crippen LogP contribution in [-0.4, -0.2) is 27.5 Å². The van der Waals surface area contributed by atoms with Crippen LogP contribution in [0.4, 0.5) is 0 Å². The van der Waals surface area contributed by atoms with Crippen LogP contribution in [0.1, 0.15) is 29.9 Å². The Bertz CT molecular complexity index is 632. The maximum Gasteiger partial charge on any atom is 0.354 e. The maximum absolute atomic E-state index is 11.2. The van der Waals surface area contributed by atoms with Crippen molar-refractivity contribution in [3.8, 4) is 17.0 Å². The fourth-order valence-electron chi connectivity index (χ4n) is 2.09. The molecule has 1 aromatic heterocycles. The second-order valence-electron chi connectivity index (χ2n) is 4.47. The average molecular weight is 274 g/mol. The predicted octanol–water partition coefficient (Wildman–Crippen LogP) is 2.98. The number of rotatable bonds is 5. The van der Waals surface area contributed by atoms with Crippen molar-refractivity contribution in [2.75, 3.05) is 6.61 Å². The number of nitrogens with zero attached hydrogens (tertiary/aromatic N) is 2. The van der Waals surface area contributed by atoms with Gasteiger partial charge >= 0.3 is 5.97 Å². The Kier molecular flexibility index (Phi) is 4.08. The largest absolute Gasteiger partial charge is 0.493 e. The molecule has 2 rings (SSSR count). The van der Waals surface area contributed by atoms with E-state index >= 15 is 0 Å². The van der Waals surface area contributed by atoms with Crippen molar-refractivity contribution in [2.45, 2.75) is 27.3 Å². The average Bonchev–Trinajstić information content (AvgIpc) is 2.85. The Morgan fingerprint density at radius 3 is 2.65 bits per heavy atom. The molecule has 0 unspecified atom stereocenters. The van der Waals surface area contributed by atoms with E-state index < -0.39 is 5.97 Å². The molecule has 0 aliphatic carbocycles. The van der Waals surface area contributed by atoms with Crippen LogP contribution in [0, 0.1) is 6.92 Å². The van der Waals surface area contributed by atoms with Gasteiger partial charge in [-0.15, -0.1) is 0 Å². The Morgan fingerprint density at radius 2 is 2.10 bits per heavy atom. The van der Waals surface area contributed by atoms with Gasteiger partial charge in [0, 0.05) is 12.1 Å². The van der Waals surface area contributed by atoms with E-state index in [4.69, 9.17) is 4.74 Å². The van der Waals surface area contributed by atoms with Gasteiger partial charge in [-0.05, 0) is 39.0 Å². The molecule has 5 heteroatoms. The molecule has 0 saturated carbocycles. The molecule has 106 valence electrons. The van der Waals surface area contributed by atoms with E-state index in [9.17, 15) is 9.90 Å². The standard InChI is InChI=1S/C15H18N2O3/c1-4-17-13(15(18)19)9-12(16-17)11-8-10(3)6-7-14(11)20-5-2/h6-9H,4-5H2,1-3H3,(H,18,19). The van der Waals surface area contributed by atoms with Crippen LogP contribution in [0.2, 0.25) is 0 Å². The molecule has 2 aromatic rings. The van der Waals surface area contributed by atoms with E-state index in [1.54, 1.807) is 6.07 Å². The highest BCUT2D eigenvalue weighted by Gasteiger charge is 2.17. The number of benzene rings is 1. The summed E-state index contributed by atoms with van der Waals surface area (Å²) in [6.07, 6.45) is 0. The number of aromatic nitrogens is 2. The summed E-state index contributed by atoms with van der Waals surface area (Å²) >= 11 is 0. The topological polar surface area (TPSA) is 64.3 Å². The molecule has 1 aromatic carbocycles. The molecular formula is C15H18N2O3. The predicted molar refractivity (Wildman–Crippen MR) is 76.2 cm³/mol. The van der Waals surface area contributed by atoms with Gasteiger partial charge in [0.05, 0.1) is 12.3 Å². The summed E-state index contributed by atoms with van der Waals surface area (Å²) in [6, 6.07) is 7.39. The molecule has 5 nitrogen and oxygen atoms in total. The normalized spacial score (nSPS) is 10.6. The van der Waals surface area contributed by atoms with Crippen LogP contribution in [0.25, 0.3) is 11.3 Å². The zero-order valence-electron chi connectivity index (χ0n) is 11.9. The number of carboxylic acid groups (broad SMARTS) is 1. The molecule has 1 N–H and O–H groups in total. The lowest BCUT2D eigenvalue weighted by molar-refractivity contribution is 0.0683. The highest BCUT2D eigenvalue weighted by atomic mass is 16.5. The first-order valence-corrected chi connectivity index (χ1v) is 6.61. The summed E-state index contributed by atoms with van der Waals surface area (Å²) in [7, 11) is 0. The minimum absolute atomic E-state index is 0.187. The van der Waals surface area contributed by atoms with E-state index in [1.165, 1.54) is 4.68 Å². The highest BCUT2D eigenvalue weighted by Crippen LogP contribution is 2.30. The fourth-order valence-corrected chi connectivity index (χ4v) is 2.09. The van der Waals surface area contributed by atoms with Gasteiger partial charge in [0.1, 0.15) is 11.4 Å². The molecule has 0 aliphatic rings. The number of hydrogen-bond donors (Lipinski definition) is 1. The molecule has 0 bridgehead atoms. The van der Waals surface area contributed by atoms with Crippen LogP contribution in [0.15, 0.2) is 24.3 Å². The maximum atomic E-state index is 11.2. The van der Waals surface area contributed by atoms with Crippen LogP contribution in [-0.2, 0) is 6.54 Å². The molecule has 20 heavy (non-hydrogen) atoms. The van der Waals surface area contributed by atoms with Crippen molar-refractivity contribution < 1.29 is 14.6 Å². The van der Waals surface area contributed by atoms with Gasteiger partial charge in [0.2, 0.25) is 0 Å².